The van der Waals surface area contributed by atoms with Crippen LogP contribution in [0.2, 0.25) is 0 Å². The van der Waals surface area contributed by atoms with Gasteiger partial charge in [0.2, 0.25) is 15.8 Å². The molecule has 0 atom stereocenters. The van der Waals surface area contributed by atoms with Crippen LogP contribution in [0.15, 0.2) is 112 Å². The second-order valence-corrected chi connectivity index (χ2v) is 16.6. The van der Waals surface area contributed by atoms with Crippen molar-refractivity contribution in [2.24, 2.45) is 0 Å². The minimum atomic E-state index is -5.11. The van der Waals surface area contributed by atoms with Gasteiger partial charge in [0.25, 0.3) is 0 Å². The van der Waals surface area contributed by atoms with E-state index in [-0.39, 0.29) is 36.6 Å². The SMILES string of the molecule is COc1ccc(CN(Cc2ccc(OC)cc2)S(=O)(=O)c2c(C(F)(F)F)ccc(-c3cccc4sc(Br)nc34)c2-c2nnn(Cc3ccc(OC)cc3)n2)cc1. The molecular formula is C39H32BrF3N6O5S2. The molecule has 56 heavy (non-hydrogen) atoms. The molecular weight excluding hydrogens is 833 g/mol. The number of tetrazole rings is 1. The average Bonchev–Trinajstić information content (AvgIpc) is 3.83. The minimum absolute atomic E-state index is 0.0864. The molecule has 0 saturated heterocycles. The van der Waals surface area contributed by atoms with Gasteiger partial charge in [-0.25, -0.2) is 13.4 Å². The van der Waals surface area contributed by atoms with Crippen LogP contribution in [0.1, 0.15) is 22.3 Å². The highest BCUT2D eigenvalue weighted by Gasteiger charge is 2.43. The van der Waals surface area contributed by atoms with Crippen LogP contribution in [0.3, 0.4) is 0 Å². The van der Waals surface area contributed by atoms with Crippen LogP contribution in [0, 0.1) is 0 Å². The first-order chi connectivity index (χ1) is 26.9. The Balaban J connectivity index is 1.47. The Kier molecular flexibility index (Phi) is 11.1. The van der Waals surface area contributed by atoms with E-state index in [2.05, 4.69) is 36.3 Å². The lowest BCUT2D eigenvalue weighted by Gasteiger charge is -2.27. The molecule has 0 fully saturated rings. The fraction of sp³-hybridized carbons (Fsp3) is 0.179. The van der Waals surface area contributed by atoms with Crippen LogP contribution in [0.5, 0.6) is 17.2 Å². The molecule has 0 amide bonds. The summed E-state index contributed by atoms with van der Waals surface area (Å²) in [7, 11) is -0.535. The van der Waals surface area contributed by atoms with E-state index in [9.17, 15) is 0 Å². The van der Waals surface area contributed by atoms with Crippen LogP contribution in [-0.2, 0) is 35.8 Å². The number of alkyl halides is 3. The number of hydrogen-bond donors (Lipinski definition) is 0. The van der Waals surface area contributed by atoms with Gasteiger partial charge in [0.15, 0.2) is 3.92 Å². The van der Waals surface area contributed by atoms with Gasteiger partial charge in [0, 0.05) is 18.7 Å². The number of sulfonamides is 1. The largest absolute Gasteiger partial charge is 0.497 e. The van der Waals surface area contributed by atoms with Crippen LogP contribution in [0.25, 0.3) is 32.7 Å². The molecule has 17 heteroatoms. The number of methoxy groups -OCH3 is 3. The van der Waals surface area contributed by atoms with E-state index in [1.165, 1.54) is 36.4 Å². The van der Waals surface area contributed by atoms with Gasteiger partial charge < -0.3 is 14.2 Å². The number of hydrogen-bond acceptors (Lipinski definition) is 10. The fourth-order valence-corrected chi connectivity index (χ4v) is 9.42. The van der Waals surface area contributed by atoms with E-state index in [4.69, 9.17) is 14.2 Å². The smallest absolute Gasteiger partial charge is 0.417 e. The summed E-state index contributed by atoms with van der Waals surface area (Å²) in [5, 5.41) is 12.9. The van der Waals surface area contributed by atoms with Crippen LogP contribution in [-0.4, -0.2) is 59.2 Å². The van der Waals surface area contributed by atoms with Gasteiger partial charge in [-0.2, -0.15) is 22.3 Å². The summed E-state index contributed by atoms with van der Waals surface area (Å²) in [6.07, 6.45) is -5.11. The maximum Gasteiger partial charge on any atom is 0.417 e. The molecule has 0 unspecified atom stereocenters. The first-order valence-corrected chi connectivity index (χ1v) is 19.9. The van der Waals surface area contributed by atoms with Crippen molar-refractivity contribution in [2.75, 3.05) is 21.3 Å². The molecule has 0 aliphatic heterocycles. The highest BCUT2D eigenvalue weighted by Crippen LogP contribution is 2.46. The van der Waals surface area contributed by atoms with Gasteiger partial charge in [-0.3, -0.25) is 0 Å². The maximum atomic E-state index is 15.3. The molecule has 0 bridgehead atoms. The molecule has 5 aromatic carbocycles. The molecule has 0 spiro atoms. The Morgan fingerprint density at radius 2 is 1.30 bits per heavy atom. The maximum absolute atomic E-state index is 15.3. The third-order valence-corrected chi connectivity index (χ3v) is 12.3. The first-order valence-electron chi connectivity index (χ1n) is 16.8. The van der Waals surface area contributed by atoms with Crippen molar-refractivity contribution in [2.45, 2.75) is 30.7 Å². The third kappa shape index (κ3) is 8.11. The number of nitrogens with zero attached hydrogens (tertiary/aromatic N) is 6. The number of ether oxygens (including phenoxy) is 3. The second-order valence-electron chi connectivity index (χ2n) is 12.4. The van der Waals surface area contributed by atoms with Gasteiger partial charge in [-0.05, 0) is 91.9 Å². The molecule has 0 radical (unpaired) electrons. The molecule has 7 aromatic rings. The fourth-order valence-electron chi connectivity index (χ4n) is 6.19. The number of benzene rings is 5. The van der Waals surface area contributed by atoms with Crippen molar-refractivity contribution in [3.05, 3.63) is 129 Å². The van der Waals surface area contributed by atoms with Crippen molar-refractivity contribution in [3.8, 4) is 39.8 Å². The van der Waals surface area contributed by atoms with Crippen molar-refractivity contribution < 1.29 is 35.8 Å². The quantitative estimate of drug-likeness (QED) is 0.112. The normalized spacial score (nSPS) is 12.0. The molecule has 288 valence electrons. The highest BCUT2D eigenvalue weighted by molar-refractivity contribution is 9.11. The number of rotatable bonds is 13. The molecule has 0 N–H and O–H groups in total. The Hall–Kier alpha value is -5.36. The molecule has 2 aromatic heterocycles. The second kappa shape index (κ2) is 16.0. The van der Waals surface area contributed by atoms with Crippen molar-refractivity contribution in [1.29, 1.82) is 0 Å². The predicted molar refractivity (Wildman–Crippen MR) is 209 cm³/mol. The van der Waals surface area contributed by atoms with E-state index >= 15 is 21.6 Å². The Morgan fingerprint density at radius 3 is 1.84 bits per heavy atom. The van der Waals surface area contributed by atoms with Crippen molar-refractivity contribution in [3.63, 3.8) is 0 Å². The molecule has 0 aliphatic carbocycles. The summed E-state index contributed by atoms with van der Waals surface area (Å²) in [6.45, 7) is -0.486. The standard InChI is InChI=1S/C39H32BrF3N6O5S2/c1-52-27-13-7-24(8-14-27)21-48(22-25-9-15-28(53-2)16-10-25)56(50,51)36-32(39(41,42)43)20-19-30(31-5-4-6-33-35(31)44-38(40)55-33)34(36)37-45-47-49(46-37)23-26-11-17-29(54-3)18-12-26/h4-20H,21-23H2,1-3H3. The zero-order valence-electron chi connectivity index (χ0n) is 30.0. The third-order valence-electron chi connectivity index (χ3n) is 8.94. The zero-order chi connectivity index (χ0) is 39.6. The number of fused-ring (bicyclic) bond motifs is 1. The summed E-state index contributed by atoms with van der Waals surface area (Å²) in [4.78, 5) is 4.78. The monoisotopic (exact) mass is 864 g/mol. The van der Waals surface area contributed by atoms with Crippen molar-refractivity contribution >= 4 is 47.5 Å². The van der Waals surface area contributed by atoms with Gasteiger partial charge in [0.05, 0.1) is 49.2 Å². The van der Waals surface area contributed by atoms with E-state index in [1.54, 1.807) is 92.0 Å². The number of halogens is 4. The molecule has 7 rings (SSSR count). The number of para-hydroxylation sites is 1. The predicted octanol–water partition coefficient (Wildman–Crippen LogP) is 8.86. The van der Waals surface area contributed by atoms with E-state index < -0.39 is 26.7 Å². The molecule has 0 saturated carbocycles. The lowest BCUT2D eigenvalue weighted by atomic mass is 9.95. The summed E-state index contributed by atoms with van der Waals surface area (Å²) < 4.78 is 94.6. The molecule has 0 aliphatic rings. The van der Waals surface area contributed by atoms with Gasteiger partial charge >= 0.3 is 6.18 Å². The van der Waals surface area contributed by atoms with Gasteiger partial charge in [-0.1, -0.05) is 54.6 Å². The summed E-state index contributed by atoms with van der Waals surface area (Å²) in [5.74, 6) is 1.36. The molecule has 2 heterocycles. The highest BCUT2D eigenvalue weighted by atomic mass is 79.9. The van der Waals surface area contributed by atoms with E-state index in [0.717, 1.165) is 20.6 Å². The topological polar surface area (TPSA) is 122 Å². The Bertz CT molecular complexity index is 2550. The van der Waals surface area contributed by atoms with Gasteiger partial charge in [-0.15, -0.1) is 21.5 Å². The lowest BCUT2D eigenvalue weighted by molar-refractivity contribution is -0.139. The van der Waals surface area contributed by atoms with Gasteiger partial charge in [0.1, 0.15) is 22.1 Å². The van der Waals surface area contributed by atoms with Crippen LogP contribution < -0.4 is 14.2 Å². The van der Waals surface area contributed by atoms with Crippen LogP contribution >= 0.6 is 27.3 Å². The number of aromatic nitrogens is 5. The van der Waals surface area contributed by atoms with E-state index in [1.807, 2.05) is 6.07 Å². The minimum Gasteiger partial charge on any atom is -0.497 e. The first kappa shape index (κ1) is 38.9. The summed E-state index contributed by atoms with van der Waals surface area (Å²) in [6, 6.07) is 27.5. The van der Waals surface area contributed by atoms with Crippen LogP contribution in [0.4, 0.5) is 13.2 Å². The zero-order valence-corrected chi connectivity index (χ0v) is 33.2. The summed E-state index contributed by atoms with van der Waals surface area (Å²) >= 11 is 4.74. The molecule has 11 nitrogen and oxygen atoms in total. The average molecular weight is 866 g/mol. The lowest BCUT2D eigenvalue weighted by Crippen LogP contribution is -2.32. The summed E-state index contributed by atoms with van der Waals surface area (Å²) in [5.41, 5.74) is 0.966. The van der Waals surface area contributed by atoms with E-state index in [0.29, 0.717) is 43.4 Å². The van der Waals surface area contributed by atoms with Crippen molar-refractivity contribution in [1.82, 2.24) is 29.5 Å². The Morgan fingerprint density at radius 1 is 0.750 bits per heavy atom. The Labute approximate surface area is 332 Å². The number of thiazole rings is 1.